The molecule has 8 heteroatoms. The van der Waals surface area contributed by atoms with Gasteiger partial charge in [-0.2, -0.15) is 5.10 Å². The van der Waals surface area contributed by atoms with Crippen LogP contribution in [0.15, 0.2) is 42.7 Å². The number of amides is 1. The monoisotopic (exact) mass is 473 g/mol. The first-order valence-corrected chi connectivity index (χ1v) is 12.4. The van der Waals surface area contributed by atoms with Crippen LogP contribution in [0.1, 0.15) is 44.1 Å². The lowest BCUT2D eigenvalue weighted by atomic mass is 9.94. The smallest absolute Gasteiger partial charge is 0.226 e. The second-order valence-corrected chi connectivity index (χ2v) is 8.73. The summed E-state index contributed by atoms with van der Waals surface area (Å²) in [6.45, 7) is 4.75. The molecule has 1 aromatic carbocycles. The summed E-state index contributed by atoms with van der Waals surface area (Å²) in [6, 6.07) is 10.0. The molecule has 3 rings (SSSR count). The maximum atomic E-state index is 12.5. The van der Waals surface area contributed by atoms with Crippen LogP contribution in [0.25, 0.3) is 0 Å². The number of carbonyl (C=O) groups excluding carboxylic acids is 1. The average molecular weight is 474 g/mol. The van der Waals surface area contributed by atoms with Crippen molar-refractivity contribution in [3.63, 3.8) is 0 Å². The Balaban J connectivity index is 0.000000287. The maximum Gasteiger partial charge on any atom is 0.226 e. The Morgan fingerprint density at radius 3 is 2.56 bits per heavy atom. The van der Waals surface area contributed by atoms with Crippen molar-refractivity contribution in [2.24, 2.45) is 0 Å². The molecule has 0 saturated heterocycles. The van der Waals surface area contributed by atoms with Gasteiger partial charge in [-0.25, -0.2) is 0 Å². The molecule has 1 aromatic heterocycles. The van der Waals surface area contributed by atoms with Crippen LogP contribution in [0.5, 0.6) is 5.75 Å². The highest BCUT2D eigenvalue weighted by atomic mass is 16.5. The number of nitrogens with one attached hydrogen (secondary N) is 2. The van der Waals surface area contributed by atoms with E-state index >= 15 is 0 Å². The van der Waals surface area contributed by atoms with E-state index in [0.29, 0.717) is 32.2 Å². The van der Waals surface area contributed by atoms with Crippen LogP contribution in [0, 0.1) is 0 Å². The van der Waals surface area contributed by atoms with E-state index in [0.717, 1.165) is 38.2 Å². The number of carbonyl (C=O) groups is 1. The molecular weight excluding hydrogens is 430 g/mol. The summed E-state index contributed by atoms with van der Waals surface area (Å²) in [7, 11) is 5.75. The van der Waals surface area contributed by atoms with Crippen LogP contribution in [-0.2, 0) is 16.1 Å². The van der Waals surface area contributed by atoms with Crippen molar-refractivity contribution in [3.8, 4) is 5.75 Å². The van der Waals surface area contributed by atoms with Crippen LogP contribution in [-0.4, -0.2) is 86.0 Å². The minimum absolute atomic E-state index is 0.180. The maximum absolute atomic E-state index is 12.5. The number of ether oxygens (including phenoxy) is 2. The Hall–Kier alpha value is -2.42. The summed E-state index contributed by atoms with van der Waals surface area (Å²) in [5, 5.41) is 9.80. The molecular formula is C26H43N5O3. The molecule has 1 fully saturated rings. The summed E-state index contributed by atoms with van der Waals surface area (Å²) in [5.41, 5.74) is 1.23. The van der Waals surface area contributed by atoms with Crippen molar-refractivity contribution >= 4 is 5.91 Å². The topological polar surface area (TPSA) is 82.7 Å². The van der Waals surface area contributed by atoms with Crippen molar-refractivity contribution in [2.75, 3.05) is 54.1 Å². The molecule has 2 N–H and O–H groups in total. The summed E-state index contributed by atoms with van der Waals surface area (Å²) in [4.78, 5) is 16.8. The lowest BCUT2D eigenvalue weighted by Gasteiger charge is -2.34. The molecule has 0 atom stereocenters. The molecule has 1 amide bonds. The Kier molecular flexibility index (Phi) is 14.0. The summed E-state index contributed by atoms with van der Waals surface area (Å²) < 4.78 is 10.8. The molecule has 34 heavy (non-hydrogen) atoms. The Morgan fingerprint density at radius 1 is 1.15 bits per heavy atom. The number of hydrogen-bond donors (Lipinski definition) is 2. The Bertz CT molecular complexity index is 751. The van der Waals surface area contributed by atoms with E-state index in [2.05, 4.69) is 27.5 Å². The van der Waals surface area contributed by atoms with Gasteiger partial charge in [-0.05, 0) is 39.1 Å². The predicted octanol–water partition coefficient (Wildman–Crippen LogP) is 3.32. The molecule has 1 aliphatic rings. The van der Waals surface area contributed by atoms with Crippen molar-refractivity contribution < 1.29 is 14.3 Å². The number of aromatic nitrogens is 2. The second-order valence-electron chi connectivity index (χ2n) is 8.73. The van der Waals surface area contributed by atoms with Crippen molar-refractivity contribution in [1.82, 2.24) is 25.3 Å². The van der Waals surface area contributed by atoms with E-state index in [-0.39, 0.29) is 5.91 Å². The number of nitrogens with zero attached hydrogens (tertiary/aromatic N) is 3. The molecule has 1 saturated carbocycles. The Labute approximate surface area is 205 Å². The van der Waals surface area contributed by atoms with E-state index in [1.165, 1.54) is 24.8 Å². The minimum atomic E-state index is 0.180. The van der Waals surface area contributed by atoms with Crippen LogP contribution in [0.3, 0.4) is 0 Å². The summed E-state index contributed by atoms with van der Waals surface area (Å²) in [5.74, 6) is 0.997. The third-order valence-corrected chi connectivity index (χ3v) is 5.95. The third-order valence-electron chi connectivity index (χ3n) is 5.95. The zero-order chi connectivity index (χ0) is 24.4. The number of rotatable bonds is 13. The SMILES string of the molecule is CNCCN(C)Cc1cn[nH]c1.COCCN(C(=O)CCOc1ccccc1)C1CCCCC1. The van der Waals surface area contributed by atoms with E-state index in [1.54, 1.807) is 7.11 Å². The number of likely N-dealkylation sites (N-methyl/N-ethyl adjacent to an activating group) is 2. The molecule has 190 valence electrons. The van der Waals surface area contributed by atoms with E-state index in [4.69, 9.17) is 9.47 Å². The van der Waals surface area contributed by atoms with Crippen LogP contribution in [0.2, 0.25) is 0 Å². The fourth-order valence-corrected chi connectivity index (χ4v) is 4.07. The fourth-order valence-electron chi connectivity index (χ4n) is 4.07. The van der Waals surface area contributed by atoms with Crippen LogP contribution in [0.4, 0.5) is 0 Å². The van der Waals surface area contributed by atoms with E-state index < -0.39 is 0 Å². The molecule has 0 aliphatic heterocycles. The Morgan fingerprint density at radius 2 is 1.91 bits per heavy atom. The first-order valence-electron chi connectivity index (χ1n) is 12.4. The van der Waals surface area contributed by atoms with Crippen molar-refractivity contribution in [1.29, 1.82) is 0 Å². The van der Waals surface area contributed by atoms with Gasteiger partial charge in [0.05, 0.1) is 25.8 Å². The number of para-hydroxylation sites is 1. The lowest BCUT2D eigenvalue weighted by molar-refractivity contribution is -0.135. The van der Waals surface area contributed by atoms with Gasteiger partial charge in [0.2, 0.25) is 5.91 Å². The molecule has 2 aromatic rings. The molecule has 0 unspecified atom stereocenters. The molecule has 1 aliphatic carbocycles. The number of H-pyrrole nitrogens is 1. The standard InChI is InChI=1S/C18H27NO3.C8H16N4/c1-21-15-13-19(16-8-4-2-5-9-16)18(20)12-14-22-17-10-6-3-7-11-17;1-9-3-4-12(2)7-8-5-10-11-6-8/h3,6-7,10-11,16H,2,4-5,8-9,12-15H2,1H3;5-6,9H,3-4,7H2,1-2H3,(H,10,11). The largest absolute Gasteiger partial charge is 0.493 e. The highest BCUT2D eigenvalue weighted by Crippen LogP contribution is 2.23. The van der Waals surface area contributed by atoms with Gasteiger partial charge in [0.1, 0.15) is 5.75 Å². The fraction of sp³-hybridized carbons (Fsp3) is 0.615. The number of aromatic amines is 1. The molecule has 1 heterocycles. The highest BCUT2D eigenvalue weighted by molar-refractivity contribution is 5.76. The zero-order valence-electron chi connectivity index (χ0n) is 21.2. The van der Waals surface area contributed by atoms with Crippen molar-refractivity contribution in [3.05, 3.63) is 48.3 Å². The van der Waals surface area contributed by atoms with Gasteiger partial charge in [-0.15, -0.1) is 0 Å². The van der Waals surface area contributed by atoms with Gasteiger partial charge in [0.15, 0.2) is 0 Å². The van der Waals surface area contributed by atoms with Gasteiger partial charge >= 0.3 is 0 Å². The van der Waals surface area contributed by atoms with Gasteiger partial charge < -0.3 is 24.6 Å². The number of methoxy groups -OCH3 is 1. The van der Waals surface area contributed by atoms with Gasteiger partial charge in [0, 0.05) is 51.1 Å². The van der Waals surface area contributed by atoms with Crippen LogP contribution < -0.4 is 10.1 Å². The van der Waals surface area contributed by atoms with E-state index in [9.17, 15) is 4.79 Å². The van der Waals surface area contributed by atoms with Gasteiger partial charge in [-0.3, -0.25) is 9.89 Å². The van der Waals surface area contributed by atoms with Gasteiger partial charge in [0.25, 0.3) is 0 Å². The average Bonchev–Trinajstić information content (AvgIpc) is 3.38. The number of hydrogen-bond acceptors (Lipinski definition) is 6. The zero-order valence-corrected chi connectivity index (χ0v) is 21.2. The van der Waals surface area contributed by atoms with Crippen LogP contribution >= 0.6 is 0 Å². The van der Waals surface area contributed by atoms with Gasteiger partial charge in [-0.1, -0.05) is 37.5 Å². The lowest BCUT2D eigenvalue weighted by Crippen LogP contribution is -2.43. The predicted molar refractivity (Wildman–Crippen MR) is 136 cm³/mol. The first kappa shape index (κ1) is 27.8. The normalized spacial score (nSPS) is 13.9. The molecule has 0 bridgehead atoms. The van der Waals surface area contributed by atoms with E-state index in [1.807, 2.05) is 54.7 Å². The quantitative estimate of drug-likeness (QED) is 0.464. The van der Waals surface area contributed by atoms with Crippen molar-refractivity contribution in [2.45, 2.75) is 51.1 Å². The molecule has 0 spiro atoms. The highest BCUT2D eigenvalue weighted by Gasteiger charge is 2.24. The number of benzene rings is 1. The minimum Gasteiger partial charge on any atom is -0.493 e. The molecule has 8 nitrogen and oxygen atoms in total. The third kappa shape index (κ3) is 11.1. The summed E-state index contributed by atoms with van der Waals surface area (Å²) in [6.07, 6.45) is 10.2. The summed E-state index contributed by atoms with van der Waals surface area (Å²) >= 11 is 0. The second kappa shape index (κ2) is 17.1. The first-order chi connectivity index (χ1) is 16.6. The molecule has 0 radical (unpaired) electrons.